The average Bonchev–Trinajstić information content (AvgIpc) is 3.22. The van der Waals surface area contributed by atoms with Crippen molar-refractivity contribution < 1.29 is 22.8 Å². The van der Waals surface area contributed by atoms with Crippen LogP contribution in [-0.2, 0) is 11.0 Å². The fourth-order valence-corrected chi connectivity index (χ4v) is 2.94. The van der Waals surface area contributed by atoms with Gasteiger partial charge < -0.3 is 14.8 Å². The summed E-state index contributed by atoms with van der Waals surface area (Å²) in [5.74, 6) is -1.14. The number of hydrogen-bond donors (Lipinski definition) is 1. The summed E-state index contributed by atoms with van der Waals surface area (Å²) < 4.78 is 41.6. The first kappa shape index (κ1) is 21.1. The van der Waals surface area contributed by atoms with E-state index in [-0.39, 0.29) is 11.4 Å². The molecule has 0 spiro atoms. The smallest absolute Gasteiger partial charge is 0.377 e. The molecule has 0 radical (unpaired) electrons. The highest BCUT2D eigenvalue weighted by Gasteiger charge is 2.34. The number of Topliss-reactive ketones (excluding diaryl/α,β-unsaturated/α-hetero) is 1. The van der Waals surface area contributed by atoms with E-state index in [2.05, 4.69) is 10.3 Å². The molecule has 1 N–H and O–H groups in total. The molecule has 156 valence electrons. The Kier molecular flexibility index (Phi) is 5.91. The molecule has 0 saturated heterocycles. The third kappa shape index (κ3) is 4.86. The largest absolute Gasteiger partial charge is 0.418 e. The maximum absolute atomic E-state index is 13.3. The fourth-order valence-electron chi connectivity index (χ4n) is 2.94. The first-order chi connectivity index (χ1) is 14.1. The molecule has 0 aliphatic rings. The summed E-state index contributed by atoms with van der Waals surface area (Å²) in [6.45, 7) is 0. The van der Waals surface area contributed by atoms with E-state index in [1.807, 2.05) is 0 Å². The second-order valence-corrected chi connectivity index (χ2v) is 6.79. The number of carbonyl (C=O) groups excluding carboxylic acids is 2. The lowest BCUT2D eigenvalue weighted by molar-refractivity contribution is -0.137. The molecule has 3 aromatic rings. The molecule has 0 atom stereocenters. The quantitative estimate of drug-likeness (QED) is 0.484. The van der Waals surface area contributed by atoms with Crippen molar-refractivity contribution in [3.8, 4) is 5.69 Å². The lowest BCUT2D eigenvalue weighted by Crippen LogP contribution is -2.19. The number of carbonyl (C=O) groups is 2. The third-order valence-electron chi connectivity index (χ3n) is 4.36. The van der Waals surface area contributed by atoms with Gasteiger partial charge in [0.05, 0.1) is 18.3 Å². The van der Waals surface area contributed by atoms with E-state index in [4.69, 9.17) is 0 Å². The van der Waals surface area contributed by atoms with E-state index in [0.717, 1.165) is 6.07 Å². The van der Waals surface area contributed by atoms with Crippen LogP contribution < -0.4 is 10.2 Å². The van der Waals surface area contributed by atoms with Gasteiger partial charge in [-0.25, -0.2) is 4.98 Å². The first-order valence-corrected chi connectivity index (χ1v) is 8.95. The molecule has 0 saturated carbocycles. The Balaban J connectivity index is 1.73. The Morgan fingerprint density at radius 1 is 1.13 bits per heavy atom. The Morgan fingerprint density at radius 2 is 1.90 bits per heavy atom. The minimum Gasteiger partial charge on any atom is -0.377 e. The fraction of sp³-hybridized carbons (Fsp3) is 0.190. The molecule has 1 heterocycles. The van der Waals surface area contributed by atoms with Crippen molar-refractivity contribution in [3.05, 3.63) is 72.3 Å². The van der Waals surface area contributed by atoms with Crippen LogP contribution in [0.15, 0.2) is 61.2 Å². The SMILES string of the molecule is CN(C)c1ccc(NC(=O)CC(=O)c2cccc(-n3ccnc3)c2)cc1C(F)(F)F. The molecule has 3 rings (SSSR count). The number of amides is 1. The minimum absolute atomic E-state index is 0.0205. The van der Waals surface area contributed by atoms with Gasteiger partial charge in [0.1, 0.15) is 0 Å². The highest BCUT2D eigenvalue weighted by molar-refractivity contribution is 6.11. The zero-order chi connectivity index (χ0) is 21.9. The molecule has 0 aliphatic carbocycles. The maximum Gasteiger partial charge on any atom is 0.418 e. The molecular weight excluding hydrogens is 397 g/mol. The molecule has 0 fully saturated rings. The van der Waals surface area contributed by atoms with Gasteiger partial charge in [0.15, 0.2) is 5.78 Å². The number of rotatable bonds is 6. The van der Waals surface area contributed by atoms with E-state index in [1.165, 1.54) is 31.1 Å². The van der Waals surface area contributed by atoms with Crippen LogP contribution >= 0.6 is 0 Å². The summed E-state index contributed by atoms with van der Waals surface area (Å²) in [6, 6.07) is 10.1. The number of nitrogens with zero attached hydrogens (tertiary/aromatic N) is 3. The van der Waals surface area contributed by atoms with Crippen molar-refractivity contribution in [2.75, 3.05) is 24.3 Å². The zero-order valence-electron chi connectivity index (χ0n) is 16.3. The Bertz CT molecular complexity index is 1060. The van der Waals surface area contributed by atoms with Gasteiger partial charge in [-0.1, -0.05) is 12.1 Å². The lowest BCUT2D eigenvalue weighted by Gasteiger charge is -2.20. The maximum atomic E-state index is 13.3. The molecule has 0 bridgehead atoms. The van der Waals surface area contributed by atoms with Gasteiger partial charge in [0, 0.05) is 49.1 Å². The van der Waals surface area contributed by atoms with E-state index in [0.29, 0.717) is 11.3 Å². The van der Waals surface area contributed by atoms with Crippen molar-refractivity contribution in [2.45, 2.75) is 12.6 Å². The van der Waals surface area contributed by atoms with Crippen molar-refractivity contribution in [3.63, 3.8) is 0 Å². The number of halogens is 3. The molecular formula is C21H19F3N4O2. The molecule has 30 heavy (non-hydrogen) atoms. The summed E-state index contributed by atoms with van der Waals surface area (Å²) in [4.78, 5) is 30.0. The van der Waals surface area contributed by atoms with Gasteiger partial charge >= 0.3 is 6.18 Å². The summed E-state index contributed by atoms with van der Waals surface area (Å²) in [5.41, 5.74) is 0.0959. The molecule has 2 aromatic carbocycles. The van der Waals surface area contributed by atoms with Crippen LogP contribution in [0.25, 0.3) is 5.69 Å². The predicted octanol–water partition coefficient (Wildman–Crippen LogP) is 4.17. The van der Waals surface area contributed by atoms with E-state index < -0.39 is 29.9 Å². The van der Waals surface area contributed by atoms with Gasteiger partial charge in [0.25, 0.3) is 0 Å². The molecule has 6 nitrogen and oxygen atoms in total. The molecule has 1 aromatic heterocycles. The van der Waals surface area contributed by atoms with E-state index in [1.54, 1.807) is 47.6 Å². The minimum atomic E-state index is -4.58. The van der Waals surface area contributed by atoms with Crippen molar-refractivity contribution >= 4 is 23.1 Å². The molecule has 1 amide bonds. The normalized spacial score (nSPS) is 11.2. The average molecular weight is 416 g/mol. The topological polar surface area (TPSA) is 67.2 Å². The monoisotopic (exact) mass is 416 g/mol. The van der Waals surface area contributed by atoms with Gasteiger partial charge in [0.2, 0.25) is 5.91 Å². The Morgan fingerprint density at radius 3 is 2.53 bits per heavy atom. The zero-order valence-corrected chi connectivity index (χ0v) is 16.3. The number of alkyl halides is 3. The lowest BCUT2D eigenvalue weighted by atomic mass is 10.1. The second kappa shape index (κ2) is 8.40. The number of aromatic nitrogens is 2. The van der Waals surface area contributed by atoms with Crippen LogP contribution in [0.4, 0.5) is 24.5 Å². The van der Waals surface area contributed by atoms with Crippen LogP contribution in [-0.4, -0.2) is 35.3 Å². The van der Waals surface area contributed by atoms with Crippen LogP contribution in [0.1, 0.15) is 22.3 Å². The van der Waals surface area contributed by atoms with Gasteiger partial charge in [-0.2, -0.15) is 13.2 Å². The highest BCUT2D eigenvalue weighted by Crippen LogP contribution is 2.37. The van der Waals surface area contributed by atoms with E-state index in [9.17, 15) is 22.8 Å². The van der Waals surface area contributed by atoms with Crippen LogP contribution in [0.2, 0.25) is 0 Å². The number of nitrogens with one attached hydrogen (secondary N) is 1. The Hall–Kier alpha value is -3.62. The van der Waals surface area contributed by atoms with Gasteiger partial charge in [-0.05, 0) is 30.3 Å². The van der Waals surface area contributed by atoms with Crippen LogP contribution in [0.3, 0.4) is 0 Å². The molecule has 0 aliphatic heterocycles. The standard InChI is InChI=1S/C21H19F3N4O2/c1-27(2)18-7-6-15(11-17(18)21(22,23)24)26-20(30)12-19(29)14-4-3-5-16(10-14)28-9-8-25-13-28/h3-11,13H,12H2,1-2H3,(H,26,30). The number of imidazole rings is 1. The number of anilines is 2. The molecule has 0 unspecified atom stereocenters. The van der Waals surface area contributed by atoms with Gasteiger partial charge in [-0.3, -0.25) is 9.59 Å². The van der Waals surface area contributed by atoms with Crippen LogP contribution in [0.5, 0.6) is 0 Å². The van der Waals surface area contributed by atoms with Crippen molar-refractivity contribution in [1.29, 1.82) is 0 Å². The summed E-state index contributed by atoms with van der Waals surface area (Å²) >= 11 is 0. The number of ketones is 1. The molecule has 9 heteroatoms. The summed E-state index contributed by atoms with van der Waals surface area (Å²) in [6.07, 6.45) is -0.190. The summed E-state index contributed by atoms with van der Waals surface area (Å²) in [7, 11) is 3.00. The number of benzene rings is 2. The van der Waals surface area contributed by atoms with Gasteiger partial charge in [-0.15, -0.1) is 0 Å². The van der Waals surface area contributed by atoms with E-state index >= 15 is 0 Å². The second-order valence-electron chi connectivity index (χ2n) is 6.79. The highest BCUT2D eigenvalue weighted by atomic mass is 19.4. The van der Waals surface area contributed by atoms with Crippen LogP contribution in [0, 0.1) is 0 Å². The predicted molar refractivity (Wildman–Crippen MR) is 107 cm³/mol. The summed E-state index contributed by atoms with van der Waals surface area (Å²) in [5, 5.41) is 2.37. The number of hydrogen-bond acceptors (Lipinski definition) is 4. The Labute approximate surface area is 171 Å². The third-order valence-corrected chi connectivity index (χ3v) is 4.36. The van der Waals surface area contributed by atoms with Crippen molar-refractivity contribution in [2.24, 2.45) is 0 Å². The van der Waals surface area contributed by atoms with Crippen molar-refractivity contribution in [1.82, 2.24) is 9.55 Å². The first-order valence-electron chi connectivity index (χ1n) is 8.95.